The minimum atomic E-state index is -4.43. The fraction of sp³-hybridized carbons (Fsp3) is 0.381. The lowest BCUT2D eigenvalue weighted by atomic mass is 9.92. The van der Waals surface area contributed by atoms with Gasteiger partial charge in [-0.2, -0.15) is 4.72 Å². The van der Waals surface area contributed by atoms with Crippen LogP contribution in [0.5, 0.6) is 0 Å². The van der Waals surface area contributed by atoms with Crippen molar-refractivity contribution >= 4 is 28.3 Å². The van der Waals surface area contributed by atoms with Gasteiger partial charge in [0, 0.05) is 37.5 Å². The predicted octanol–water partition coefficient (Wildman–Crippen LogP) is 4.17. The number of halogens is 4. The summed E-state index contributed by atoms with van der Waals surface area (Å²) in [6.07, 6.45) is 0.447. The molecule has 2 heterocycles. The zero-order chi connectivity index (χ0) is 23.9. The predicted molar refractivity (Wildman–Crippen MR) is 118 cm³/mol. The highest BCUT2D eigenvalue weighted by Gasteiger charge is 2.41. The molecule has 33 heavy (non-hydrogen) atoms. The van der Waals surface area contributed by atoms with Crippen molar-refractivity contribution in [2.24, 2.45) is 4.99 Å². The molecule has 1 unspecified atom stereocenters. The number of sulfonamides is 1. The Bertz CT molecular complexity index is 1160. The van der Waals surface area contributed by atoms with E-state index in [0.29, 0.717) is 11.6 Å². The van der Waals surface area contributed by atoms with E-state index in [1.165, 1.54) is 13.3 Å². The Morgan fingerprint density at radius 3 is 2.61 bits per heavy atom. The lowest BCUT2D eigenvalue weighted by Crippen LogP contribution is -2.42. The molecule has 2 aliphatic heterocycles. The number of piperidine rings is 1. The van der Waals surface area contributed by atoms with E-state index in [0.717, 1.165) is 18.0 Å². The Balaban J connectivity index is 1.59. The normalized spacial score (nSPS) is 25.2. The zero-order valence-electron chi connectivity index (χ0n) is 17.6. The fourth-order valence-corrected chi connectivity index (χ4v) is 6.13. The van der Waals surface area contributed by atoms with Crippen molar-refractivity contribution in [3.8, 4) is 0 Å². The highest BCUT2D eigenvalue weighted by molar-refractivity contribution is 8.00. The molecule has 6 nitrogen and oxygen atoms in total. The SMILES string of the molecule is CC1(NS(=O)(=O)c2cc(F)c(CN3CCC(F)(F)C[C@H]3c3ccccc3)cc2F)N=CNS1. The van der Waals surface area contributed by atoms with E-state index in [4.69, 9.17) is 0 Å². The number of aliphatic imine (C=N–C) groups is 1. The van der Waals surface area contributed by atoms with Gasteiger partial charge in [-0.15, -0.1) is 0 Å². The molecule has 0 aliphatic carbocycles. The van der Waals surface area contributed by atoms with Crippen LogP contribution in [0.15, 0.2) is 52.4 Å². The van der Waals surface area contributed by atoms with Gasteiger partial charge in [-0.25, -0.2) is 31.0 Å². The number of benzene rings is 2. The Morgan fingerprint density at radius 2 is 1.94 bits per heavy atom. The van der Waals surface area contributed by atoms with Crippen LogP contribution in [0.25, 0.3) is 0 Å². The smallest absolute Gasteiger partial charge is 0.251 e. The first-order chi connectivity index (χ1) is 15.5. The van der Waals surface area contributed by atoms with Crippen LogP contribution in [0, 0.1) is 11.6 Å². The van der Waals surface area contributed by atoms with Crippen LogP contribution in [0.3, 0.4) is 0 Å². The number of nitrogens with zero attached hydrogens (tertiary/aromatic N) is 2. The van der Waals surface area contributed by atoms with E-state index in [1.54, 1.807) is 35.2 Å². The van der Waals surface area contributed by atoms with Crippen molar-refractivity contribution in [3.05, 3.63) is 65.2 Å². The summed E-state index contributed by atoms with van der Waals surface area (Å²) < 4.78 is 88.2. The van der Waals surface area contributed by atoms with Crippen molar-refractivity contribution in [2.75, 3.05) is 6.54 Å². The first-order valence-electron chi connectivity index (χ1n) is 10.1. The summed E-state index contributed by atoms with van der Waals surface area (Å²) in [7, 11) is -4.43. The summed E-state index contributed by atoms with van der Waals surface area (Å²) in [5.41, 5.74) is 0.538. The summed E-state index contributed by atoms with van der Waals surface area (Å²) in [6.45, 7) is 1.30. The minimum absolute atomic E-state index is 0.0180. The average Bonchev–Trinajstić information content (AvgIpc) is 3.17. The van der Waals surface area contributed by atoms with E-state index >= 15 is 0 Å². The Kier molecular flexibility index (Phi) is 6.47. The largest absolute Gasteiger partial charge is 0.318 e. The van der Waals surface area contributed by atoms with Crippen LogP contribution < -0.4 is 9.44 Å². The molecule has 0 amide bonds. The van der Waals surface area contributed by atoms with Gasteiger partial charge in [-0.05, 0) is 36.6 Å². The lowest BCUT2D eigenvalue weighted by Gasteiger charge is -2.39. The monoisotopic (exact) mass is 502 g/mol. The van der Waals surface area contributed by atoms with Gasteiger partial charge in [0.2, 0.25) is 10.0 Å². The zero-order valence-corrected chi connectivity index (χ0v) is 19.2. The van der Waals surface area contributed by atoms with Crippen molar-refractivity contribution in [3.63, 3.8) is 0 Å². The van der Waals surface area contributed by atoms with Gasteiger partial charge >= 0.3 is 0 Å². The summed E-state index contributed by atoms with van der Waals surface area (Å²) in [4.78, 5) is 3.43. The van der Waals surface area contributed by atoms with E-state index in [2.05, 4.69) is 14.4 Å². The Hall–Kier alpha value is -2.15. The highest BCUT2D eigenvalue weighted by Crippen LogP contribution is 2.40. The van der Waals surface area contributed by atoms with Gasteiger partial charge in [-0.3, -0.25) is 4.90 Å². The maximum Gasteiger partial charge on any atom is 0.251 e. The molecule has 2 atom stereocenters. The van der Waals surface area contributed by atoms with Crippen molar-refractivity contribution in [2.45, 2.75) is 48.2 Å². The van der Waals surface area contributed by atoms with Crippen LogP contribution in [0.1, 0.15) is 36.9 Å². The Labute approximate surface area is 193 Å². The van der Waals surface area contributed by atoms with Gasteiger partial charge in [0.15, 0.2) is 4.99 Å². The first kappa shape index (κ1) is 24.0. The maximum absolute atomic E-state index is 14.9. The molecule has 0 radical (unpaired) electrons. The van der Waals surface area contributed by atoms with E-state index in [-0.39, 0.29) is 18.7 Å². The molecule has 0 bridgehead atoms. The quantitative estimate of drug-likeness (QED) is 0.458. The van der Waals surface area contributed by atoms with Gasteiger partial charge in [0.25, 0.3) is 5.92 Å². The Morgan fingerprint density at radius 1 is 1.21 bits per heavy atom. The number of hydrogen-bond acceptors (Lipinski definition) is 6. The molecule has 178 valence electrons. The molecule has 2 aromatic rings. The second-order valence-corrected chi connectivity index (χ2v) is 11.0. The van der Waals surface area contributed by atoms with Crippen LogP contribution >= 0.6 is 11.9 Å². The molecule has 1 fully saturated rings. The second-order valence-electron chi connectivity index (χ2n) is 8.15. The molecule has 2 N–H and O–H groups in total. The number of rotatable bonds is 6. The van der Waals surface area contributed by atoms with Gasteiger partial charge in [-0.1, -0.05) is 30.3 Å². The van der Waals surface area contributed by atoms with E-state index in [1.807, 2.05) is 0 Å². The summed E-state index contributed by atoms with van der Waals surface area (Å²) in [5, 5.41) is 0. The van der Waals surface area contributed by atoms with Crippen molar-refractivity contribution in [1.82, 2.24) is 14.3 Å². The van der Waals surface area contributed by atoms with Crippen LogP contribution in [0.4, 0.5) is 17.6 Å². The maximum atomic E-state index is 14.9. The van der Waals surface area contributed by atoms with Gasteiger partial charge in [0.05, 0.1) is 6.34 Å². The molecular weight excluding hydrogens is 480 g/mol. The summed E-state index contributed by atoms with van der Waals surface area (Å²) in [6, 6.07) is 9.40. The fourth-order valence-electron chi connectivity index (χ4n) is 3.95. The summed E-state index contributed by atoms with van der Waals surface area (Å²) >= 11 is 0.954. The summed E-state index contributed by atoms with van der Waals surface area (Å²) in [5.74, 6) is -4.94. The standard InChI is InChI=1S/C21H22F4N4O2S2/c1-20(26-13-27-32-20)28-33(30,31)19-10-16(22)15(9-17(19)23)12-29-8-7-21(24,25)11-18(29)14-5-3-2-4-6-14/h2-6,9-10,13,18,28H,7-8,11-12H2,1H3,(H,26,27)/t18-,20?/m0/s1. The molecule has 4 rings (SSSR count). The lowest BCUT2D eigenvalue weighted by molar-refractivity contribution is -0.0816. The molecule has 1 saturated heterocycles. The number of nitrogens with one attached hydrogen (secondary N) is 2. The molecule has 0 saturated carbocycles. The average molecular weight is 503 g/mol. The third kappa shape index (κ3) is 5.34. The van der Waals surface area contributed by atoms with Crippen LogP contribution in [-0.4, -0.2) is 37.1 Å². The third-order valence-electron chi connectivity index (χ3n) is 5.59. The number of likely N-dealkylation sites (tertiary alicyclic amines) is 1. The minimum Gasteiger partial charge on any atom is -0.318 e. The van der Waals surface area contributed by atoms with Crippen LogP contribution in [-0.2, 0) is 16.6 Å². The van der Waals surface area contributed by atoms with Gasteiger partial charge in [0.1, 0.15) is 16.5 Å². The van der Waals surface area contributed by atoms with Crippen molar-refractivity contribution in [1.29, 1.82) is 0 Å². The molecule has 2 aliphatic rings. The van der Waals surface area contributed by atoms with Crippen molar-refractivity contribution < 1.29 is 26.0 Å². The molecule has 12 heteroatoms. The molecular formula is C21H22F4N4O2S2. The molecule has 2 aromatic carbocycles. The number of hydrogen-bond donors (Lipinski definition) is 2. The second kappa shape index (κ2) is 8.90. The van der Waals surface area contributed by atoms with E-state index in [9.17, 15) is 26.0 Å². The third-order valence-corrected chi connectivity index (χ3v) is 8.11. The topological polar surface area (TPSA) is 73.8 Å². The molecule has 0 spiro atoms. The van der Waals surface area contributed by atoms with Crippen LogP contribution in [0.2, 0.25) is 0 Å². The first-order valence-corrected chi connectivity index (χ1v) is 12.4. The molecule has 0 aromatic heterocycles. The number of alkyl halides is 2. The highest BCUT2D eigenvalue weighted by atomic mass is 32.2. The van der Waals surface area contributed by atoms with E-state index < -0.39 is 56.4 Å². The van der Waals surface area contributed by atoms with Gasteiger partial charge < -0.3 is 4.72 Å².